The fourth-order valence-corrected chi connectivity index (χ4v) is 3.73. The maximum absolute atomic E-state index is 14.4. The minimum atomic E-state index is -0.507. The van der Waals surface area contributed by atoms with Crippen molar-refractivity contribution in [2.24, 2.45) is 5.73 Å². The van der Waals surface area contributed by atoms with Crippen LogP contribution in [0.15, 0.2) is 35.5 Å². The van der Waals surface area contributed by atoms with Gasteiger partial charge in [0.25, 0.3) is 5.56 Å². The maximum Gasteiger partial charge on any atom is 0.343 e. The van der Waals surface area contributed by atoms with Gasteiger partial charge >= 0.3 is 5.97 Å². The van der Waals surface area contributed by atoms with E-state index in [9.17, 15) is 14.0 Å². The highest BCUT2D eigenvalue weighted by Crippen LogP contribution is 2.25. The largest absolute Gasteiger partial charge is 0.462 e. The Balaban J connectivity index is 1.70. The molecule has 1 saturated heterocycles. The molecule has 3 aromatic rings. The lowest BCUT2D eigenvalue weighted by molar-refractivity contribution is 0.0528. The molecule has 1 atom stereocenters. The Kier molecular flexibility index (Phi) is 6.08. The Labute approximate surface area is 184 Å². The molecule has 32 heavy (non-hydrogen) atoms. The first kappa shape index (κ1) is 21.8. The Hall–Kier alpha value is -3.47. The fourth-order valence-electron chi connectivity index (χ4n) is 3.73. The van der Waals surface area contributed by atoms with Crippen LogP contribution >= 0.6 is 0 Å². The monoisotopic (exact) mass is 443 g/mol. The molecule has 0 bridgehead atoms. The van der Waals surface area contributed by atoms with Crippen LogP contribution in [0.1, 0.15) is 37.0 Å². The summed E-state index contributed by atoms with van der Waals surface area (Å²) >= 11 is 0. The number of ether oxygens (including phenoxy) is 1. The van der Waals surface area contributed by atoms with Crippen molar-refractivity contribution in [3.05, 3.63) is 52.5 Å². The molecule has 0 aliphatic carbocycles. The summed E-state index contributed by atoms with van der Waals surface area (Å²) in [6, 6.07) is 2.88. The van der Waals surface area contributed by atoms with Crippen molar-refractivity contribution in [2.75, 3.05) is 29.7 Å². The number of carbonyl (C=O) groups excluding carboxylic acids is 1. The quantitative estimate of drug-likeness (QED) is 0.548. The Bertz CT molecular complexity index is 1190. The smallest absolute Gasteiger partial charge is 0.343 e. The van der Waals surface area contributed by atoms with Crippen molar-refractivity contribution in [3.63, 3.8) is 0 Å². The highest BCUT2D eigenvalue weighted by atomic mass is 19.1. The van der Waals surface area contributed by atoms with E-state index in [1.54, 1.807) is 24.2 Å². The molecule has 0 saturated carbocycles. The Morgan fingerprint density at radius 3 is 2.88 bits per heavy atom. The molecule has 1 aliphatic heterocycles. The van der Waals surface area contributed by atoms with E-state index in [0.29, 0.717) is 37.5 Å². The summed E-state index contributed by atoms with van der Waals surface area (Å²) in [4.78, 5) is 29.9. The van der Waals surface area contributed by atoms with Crippen LogP contribution in [-0.4, -0.2) is 50.9 Å². The number of anilines is 2. The number of nitrogens with zero attached hydrogens (tertiary/aromatic N) is 6. The summed E-state index contributed by atoms with van der Waals surface area (Å²) in [6.07, 6.45) is 5.62. The summed E-state index contributed by atoms with van der Waals surface area (Å²) in [5.74, 6) is -0.487. The van der Waals surface area contributed by atoms with Crippen LogP contribution in [0.3, 0.4) is 0 Å². The maximum atomic E-state index is 14.4. The summed E-state index contributed by atoms with van der Waals surface area (Å²) in [5, 5.41) is 7.69. The zero-order valence-electron chi connectivity index (χ0n) is 18.1. The second-order valence-electron chi connectivity index (χ2n) is 7.74. The predicted molar refractivity (Wildman–Crippen MR) is 117 cm³/mol. The van der Waals surface area contributed by atoms with Crippen LogP contribution in [0.2, 0.25) is 0 Å². The third-order valence-electron chi connectivity index (χ3n) is 5.28. The Morgan fingerprint density at radius 2 is 2.12 bits per heavy atom. The topological polar surface area (TPSA) is 111 Å². The number of hydrogen-bond acceptors (Lipinski definition) is 8. The number of aromatic nitrogens is 4. The van der Waals surface area contributed by atoms with Crippen molar-refractivity contribution < 1.29 is 13.9 Å². The van der Waals surface area contributed by atoms with Gasteiger partial charge in [0.1, 0.15) is 17.1 Å². The average Bonchev–Trinajstić information content (AvgIpc) is 3.40. The lowest BCUT2D eigenvalue weighted by atomic mass is 10.2. The summed E-state index contributed by atoms with van der Waals surface area (Å²) in [7, 11) is 0. The molecule has 170 valence electrons. The van der Waals surface area contributed by atoms with E-state index in [1.807, 2.05) is 11.9 Å². The van der Waals surface area contributed by atoms with Gasteiger partial charge in [0.05, 0.1) is 12.8 Å². The first-order chi connectivity index (χ1) is 15.4. The van der Waals surface area contributed by atoms with Crippen molar-refractivity contribution in [1.82, 2.24) is 19.2 Å². The van der Waals surface area contributed by atoms with Crippen LogP contribution in [-0.2, 0) is 11.3 Å². The van der Waals surface area contributed by atoms with Gasteiger partial charge in [-0.3, -0.25) is 14.8 Å². The number of hydrazine groups is 1. The van der Waals surface area contributed by atoms with Gasteiger partial charge < -0.3 is 15.0 Å². The normalized spacial score (nSPS) is 14.9. The molecule has 0 radical (unpaired) electrons. The number of halogens is 1. The van der Waals surface area contributed by atoms with Crippen molar-refractivity contribution in [3.8, 4) is 0 Å². The predicted octanol–water partition coefficient (Wildman–Crippen LogP) is 1.58. The van der Waals surface area contributed by atoms with E-state index in [0.717, 1.165) is 6.42 Å². The van der Waals surface area contributed by atoms with E-state index in [1.165, 1.54) is 27.5 Å². The third kappa shape index (κ3) is 4.15. The van der Waals surface area contributed by atoms with E-state index < -0.39 is 11.8 Å². The van der Waals surface area contributed by atoms with Crippen molar-refractivity contribution >= 4 is 23.1 Å². The van der Waals surface area contributed by atoms with Crippen LogP contribution in [0.5, 0.6) is 0 Å². The molecule has 11 heteroatoms. The fraction of sp³-hybridized carbons (Fsp3) is 0.429. The standard InChI is InChI=1S/C21H26FN7O3/c1-3-32-21(31)16-12-24-27-10-6-18(25-19(16)27)29-8-4-7-28(29)17-11-15(22)13-26(20(17)30)9-5-14(2)23/h6,10-14H,3-5,7-9,23H2,1-2H3/t14-/m1/s1. The van der Waals surface area contributed by atoms with Gasteiger partial charge in [-0.2, -0.15) is 5.10 Å². The number of carbonyl (C=O) groups is 1. The highest BCUT2D eigenvalue weighted by molar-refractivity contribution is 5.95. The lowest BCUT2D eigenvalue weighted by Crippen LogP contribution is -2.41. The third-order valence-corrected chi connectivity index (χ3v) is 5.28. The van der Waals surface area contributed by atoms with Crippen LogP contribution in [0.25, 0.3) is 5.65 Å². The summed E-state index contributed by atoms with van der Waals surface area (Å²) < 4.78 is 22.3. The first-order valence-corrected chi connectivity index (χ1v) is 10.6. The molecule has 4 heterocycles. The number of nitrogens with two attached hydrogens (primary N) is 1. The summed E-state index contributed by atoms with van der Waals surface area (Å²) in [5.41, 5.74) is 6.34. The second kappa shape index (κ2) is 8.95. The molecule has 0 spiro atoms. The molecular formula is C21H26FN7O3. The van der Waals surface area contributed by atoms with Gasteiger partial charge in [0, 0.05) is 50.2 Å². The molecule has 0 aromatic carbocycles. The zero-order chi connectivity index (χ0) is 22.8. The lowest BCUT2D eigenvalue weighted by Gasteiger charge is -2.30. The van der Waals surface area contributed by atoms with Gasteiger partial charge in [-0.05, 0) is 26.7 Å². The first-order valence-electron chi connectivity index (χ1n) is 10.6. The molecule has 1 fully saturated rings. The van der Waals surface area contributed by atoms with E-state index >= 15 is 0 Å². The number of fused-ring (bicyclic) bond motifs is 1. The highest BCUT2D eigenvalue weighted by Gasteiger charge is 2.28. The molecule has 0 unspecified atom stereocenters. The average molecular weight is 443 g/mol. The number of esters is 1. The van der Waals surface area contributed by atoms with Crippen LogP contribution in [0, 0.1) is 5.82 Å². The molecule has 4 rings (SSSR count). The van der Waals surface area contributed by atoms with Crippen molar-refractivity contribution in [1.29, 1.82) is 0 Å². The SMILES string of the molecule is CCOC(=O)c1cnn2ccc(N3CCCN3c3cc(F)cn(CC[C@@H](C)N)c3=O)nc12. The molecule has 3 aromatic heterocycles. The van der Waals surface area contributed by atoms with E-state index in [2.05, 4.69) is 10.1 Å². The number of rotatable bonds is 7. The second-order valence-corrected chi connectivity index (χ2v) is 7.74. The molecule has 1 aliphatic rings. The van der Waals surface area contributed by atoms with Gasteiger partial charge in [-0.1, -0.05) is 0 Å². The number of aryl methyl sites for hydroxylation is 1. The number of hydrogen-bond donors (Lipinski definition) is 1. The van der Waals surface area contributed by atoms with Crippen LogP contribution < -0.4 is 21.3 Å². The molecule has 0 amide bonds. The number of pyridine rings is 1. The van der Waals surface area contributed by atoms with E-state index in [4.69, 9.17) is 10.5 Å². The molecular weight excluding hydrogens is 417 g/mol. The van der Waals surface area contributed by atoms with E-state index in [-0.39, 0.29) is 29.5 Å². The zero-order valence-corrected chi connectivity index (χ0v) is 18.1. The minimum Gasteiger partial charge on any atom is -0.462 e. The van der Waals surface area contributed by atoms with Gasteiger partial charge in [-0.25, -0.2) is 18.7 Å². The van der Waals surface area contributed by atoms with Crippen LogP contribution in [0.4, 0.5) is 15.9 Å². The van der Waals surface area contributed by atoms with Gasteiger partial charge in [-0.15, -0.1) is 0 Å². The minimum absolute atomic E-state index is 0.0999. The van der Waals surface area contributed by atoms with Gasteiger partial charge in [0.2, 0.25) is 0 Å². The molecule has 10 nitrogen and oxygen atoms in total. The Morgan fingerprint density at radius 1 is 1.34 bits per heavy atom. The van der Waals surface area contributed by atoms with Gasteiger partial charge in [0.15, 0.2) is 11.5 Å². The summed E-state index contributed by atoms with van der Waals surface area (Å²) in [6.45, 7) is 5.26. The van der Waals surface area contributed by atoms with Crippen molar-refractivity contribution in [2.45, 2.75) is 39.3 Å². The molecule has 2 N–H and O–H groups in total.